The number of rotatable bonds is 6. The number of pyridine rings is 1. The maximum Gasteiger partial charge on any atom is 0.418 e. The topological polar surface area (TPSA) is 51.5 Å². The molecule has 0 saturated carbocycles. The van der Waals surface area contributed by atoms with Crippen LogP contribution in [0.2, 0.25) is 0 Å². The molecule has 1 atom stereocenters. The molecule has 4 nitrogen and oxygen atoms in total. The zero-order valence-corrected chi connectivity index (χ0v) is 18.3. The number of aromatic nitrogens is 1. The predicted octanol–water partition coefficient (Wildman–Crippen LogP) is 5.12. The number of ether oxygens (including phenoxy) is 1. The lowest BCUT2D eigenvalue weighted by molar-refractivity contribution is -0.271. The third-order valence-electron chi connectivity index (χ3n) is 5.75. The van der Waals surface area contributed by atoms with Crippen LogP contribution in [0.15, 0.2) is 53.5 Å². The van der Waals surface area contributed by atoms with Crippen molar-refractivity contribution >= 4 is 10.9 Å². The number of methoxy groups -OCH3 is 1. The highest BCUT2D eigenvalue weighted by Gasteiger charge is 2.56. The molecule has 0 bridgehead atoms. The Hall–Kier alpha value is -2.87. The van der Waals surface area contributed by atoms with Crippen LogP contribution < -0.4 is 10.2 Å². The van der Waals surface area contributed by atoms with Crippen molar-refractivity contribution in [2.75, 3.05) is 7.11 Å². The molecular weight excluding hydrogens is 426 g/mol. The van der Waals surface area contributed by atoms with E-state index in [1.54, 1.807) is 12.1 Å². The predicted molar refractivity (Wildman–Crippen MR) is 115 cm³/mol. The highest BCUT2D eigenvalue weighted by atomic mass is 19.4. The largest absolute Gasteiger partial charge is 0.496 e. The highest BCUT2D eigenvalue weighted by Crippen LogP contribution is 2.44. The molecule has 2 aromatic carbocycles. The second kappa shape index (κ2) is 8.24. The number of aryl methyl sites for hydroxylation is 1. The molecule has 3 rings (SSSR count). The first kappa shape index (κ1) is 23.8. The van der Waals surface area contributed by atoms with E-state index in [2.05, 4.69) is 0 Å². The monoisotopic (exact) mass is 451 g/mol. The molecule has 1 aromatic heterocycles. The lowest BCUT2D eigenvalue weighted by Gasteiger charge is -2.39. The standard InChI is InChI=1S/C24H25F4NO3/c1-15-12-29(19-8-6-5-7-17(19)21(15)30)14-23(31,24(26,27)28)13-22(2,3)18-11-16(25)9-10-20(18)32-4/h5-12,31H,13-14H2,1-4H3. The van der Waals surface area contributed by atoms with Gasteiger partial charge in [-0.2, -0.15) is 13.2 Å². The minimum atomic E-state index is -5.00. The molecule has 0 aliphatic rings. The molecular formula is C24H25F4NO3. The van der Waals surface area contributed by atoms with Crippen molar-refractivity contribution in [1.82, 2.24) is 4.57 Å². The fraction of sp³-hybridized carbons (Fsp3) is 0.375. The van der Waals surface area contributed by atoms with Crippen LogP contribution in [0.3, 0.4) is 0 Å². The molecule has 1 N–H and O–H groups in total. The number of fused-ring (bicyclic) bond motifs is 1. The van der Waals surface area contributed by atoms with Gasteiger partial charge in [0.1, 0.15) is 11.6 Å². The van der Waals surface area contributed by atoms with Crippen LogP contribution in [-0.2, 0) is 12.0 Å². The Morgan fingerprint density at radius 1 is 1.09 bits per heavy atom. The molecule has 0 fully saturated rings. The van der Waals surface area contributed by atoms with E-state index in [0.717, 1.165) is 12.1 Å². The summed E-state index contributed by atoms with van der Waals surface area (Å²) >= 11 is 0. The Morgan fingerprint density at radius 2 is 1.75 bits per heavy atom. The van der Waals surface area contributed by atoms with Crippen molar-refractivity contribution in [2.24, 2.45) is 0 Å². The molecule has 172 valence electrons. The number of hydrogen-bond acceptors (Lipinski definition) is 3. The van der Waals surface area contributed by atoms with Crippen molar-refractivity contribution in [2.45, 2.75) is 50.9 Å². The lowest BCUT2D eigenvalue weighted by atomic mass is 9.74. The molecule has 0 spiro atoms. The Morgan fingerprint density at radius 3 is 2.38 bits per heavy atom. The Bertz CT molecular complexity index is 1200. The first-order valence-electron chi connectivity index (χ1n) is 10.0. The van der Waals surface area contributed by atoms with Gasteiger partial charge in [0.25, 0.3) is 0 Å². The molecule has 0 radical (unpaired) electrons. The Kier molecular flexibility index (Phi) is 6.12. The summed E-state index contributed by atoms with van der Waals surface area (Å²) in [5, 5.41) is 11.3. The van der Waals surface area contributed by atoms with E-state index in [0.29, 0.717) is 0 Å². The van der Waals surface area contributed by atoms with Gasteiger partial charge in [0, 0.05) is 22.7 Å². The highest BCUT2D eigenvalue weighted by molar-refractivity contribution is 5.79. The number of hydrogen-bond donors (Lipinski definition) is 1. The summed E-state index contributed by atoms with van der Waals surface area (Å²) in [6.45, 7) is 3.67. The fourth-order valence-electron chi connectivity index (χ4n) is 4.18. The van der Waals surface area contributed by atoms with Gasteiger partial charge in [-0.15, -0.1) is 0 Å². The van der Waals surface area contributed by atoms with E-state index in [-0.39, 0.29) is 33.2 Å². The maximum absolute atomic E-state index is 14.2. The molecule has 0 aliphatic heterocycles. The second-order valence-corrected chi connectivity index (χ2v) is 8.72. The fourth-order valence-corrected chi connectivity index (χ4v) is 4.18. The summed E-state index contributed by atoms with van der Waals surface area (Å²) in [5.74, 6) is -0.392. The van der Waals surface area contributed by atoms with E-state index in [1.807, 2.05) is 0 Å². The van der Waals surface area contributed by atoms with Gasteiger partial charge < -0.3 is 14.4 Å². The van der Waals surface area contributed by atoms with E-state index in [1.165, 1.54) is 56.8 Å². The molecule has 0 amide bonds. The summed E-state index contributed by atoms with van der Waals surface area (Å²) in [5.41, 5.74) is -3.99. The normalized spacial score (nSPS) is 14.4. The maximum atomic E-state index is 14.2. The van der Waals surface area contributed by atoms with E-state index in [4.69, 9.17) is 4.74 Å². The van der Waals surface area contributed by atoms with Crippen LogP contribution in [0.5, 0.6) is 5.75 Å². The van der Waals surface area contributed by atoms with Crippen LogP contribution in [0.25, 0.3) is 10.9 Å². The molecule has 1 heterocycles. The van der Waals surface area contributed by atoms with E-state index < -0.39 is 36.0 Å². The van der Waals surface area contributed by atoms with Gasteiger partial charge >= 0.3 is 6.18 Å². The Labute approximate surface area is 183 Å². The first-order valence-corrected chi connectivity index (χ1v) is 10.0. The van der Waals surface area contributed by atoms with E-state index in [9.17, 15) is 27.5 Å². The van der Waals surface area contributed by atoms with Gasteiger partial charge in [-0.3, -0.25) is 4.79 Å². The van der Waals surface area contributed by atoms with Crippen molar-refractivity contribution in [3.63, 3.8) is 0 Å². The number of benzene rings is 2. The zero-order valence-electron chi connectivity index (χ0n) is 18.3. The van der Waals surface area contributed by atoms with Crippen LogP contribution in [0.4, 0.5) is 17.6 Å². The van der Waals surface area contributed by atoms with Crippen molar-refractivity contribution in [3.8, 4) is 5.75 Å². The number of aliphatic hydroxyl groups is 1. The quantitative estimate of drug-likeness (QED) is 0.530. The number of halogens is 4. The summed E-state index contributed by atoms with van der Waals surface area (Å²) in [6.07, 6.45) is -4.44. The molecule has 0 aliphatic carbocycles. The SMILES string of the molecule is COc1ccc(F)cc1C(C)(C)CC(O)(Cn1cc(C)c(=O)c2ccccc21)C(F)(F)F. The molecule has 32 heavy (non-hydrogen) atoms. The van der Waals surface area contributed by atoms with Crippen molar-refractivity contribution in [3.05, 3.63) is 75.8 Å². The zero-order chi connectivity index (χ0) is 23.9. The minimum absolute atomic E-state index is 0.212. The number of nitrogens with zero attached hydrogens (tertiary/aromatic N) is 1. The van der Waals surface area contributed by atoms with Crippen molar-refractivity contribution in [1.29, 1.82) is 0 Å². The molecule has 3 aromatic rings. The lowest BCUT2D eigenvalue weighted by Crippen LogP contribution is -2.52. The third-order valence-corrected chi connectivity index (χ3v) is 5.75. The smallest absolute Gasteiger partial charge is 0.418 e. The first-order chi connectivity index (χ1) is 14.8. The Balaban J connectivity index is 2.12. The van der Waals surface area contributed by atoms with Crippen LogP contribution in [0.1, 0.15) is 31.4 Å². The van der Waals surface area contributed by atoms with Gasteiger partial charge in [-0.1, -0.05) is 26.0 Å². The third kappa shape index (κ3) is 4.37. The van der Waals surface area contributed by atoms with Crippen molar-refractivity contribution < 1.29 is 27.4 Å². The molecule has 8 heteroatoms. The van der Waals surface area contributed by atoms with Gasteiger partial charge in [0.15, 0.2) is 11.0 Å². The summed E-state index contributed by atoms with van der Waals surface area (Å²) in [4.78, 5) is 12.4. The molecule has 0 saturated heterocycles. The summed E-state index contributed by atoms with van der Waals surface area (Å²) in [6, 6.07) is 9.93. The minimum Gasteiger partial charge on any atom is -0.496 e. The van der Waals surface area contributed by atoms with Gasteiger partial charge in [0.2, 0.25) is 0 Å². The van der Waals surface area contributed by atoms with E-state index >= 15 is 0 Å². The van der Waals surface area contributed by atoms with Crippen LogP contribution >= 0.6 is 0 Å². The van der Waals surface area contributed by atoms with Crippen LogP contribution in [-0.4, -0.2) is 28.6 Å². The van der Waals surface area contributed by atoms with Gasteiger partial charge in [-0.05, 0) is 49.1 Å². The van der Waals surface area contributed by atoms with Gasteiger partial charge in [0.05, 0.1) is 19.2 Å². The summed E-state index contributed by atoms with van der Waals surface area (Å²) < 4.78 is 63.1. The van der Waals surface area contributed by atoms with Gasteiger partial charge in [-0.25, -0.2) is 4.39 Å². The average molecular weight is 451 g/mol. The summed E-state index contributed by atoms with van der Waals surface area (Å²) in [7, 11) is 1.35. The number of para-hydroxylation sites is 1. The second-order valence-electron chi connectivity index (χ2n) is 8.72. The van der Waals surface area contributed by atoms with Crippen LogP contribution in [0, 0.1) is 12.7 Å². The number of alkyl halides is 3. The molecule has 1 unspecified atom stereocenters. The average Bonchev–Trinajstić information content (AvgIpc) is 2.70.